The molecule has 1 amide bonds. The second-order valence-corrected chi connectivity index (χ2v) is 10.3. The van der Waals surface area contributed by atoms with Crippen molar-refractivity contribution in [3.63, 3.8) is 0 Å². The number of amides is 1. The summed E-state index contributed by atoms with van der Waals surface area (Å²) in [6.45, 7) is 5.98. The molecule has 0 saturated heterocycles. The first kappa shape index (κ1) is 24.5. The molecular formula is C26H27FN2O5S. The molecular weight excluding hydrogens is 471 g/mol. The van der Waals surface area contributed by atoms with E-state index in [1.165, 1.54) is 30.3 Å². The van der Waals surface area contributed by atoms with Crippen molar-refractivity contribution in [1.82, 2.24) is 5.32 Å². The minimum atomic E-state index is -4.20. The molecule has 0 aliphatic carbocycles. The Bertz CT molecular complexity index is 1340. The van der Waals surface area contributed by atoms with Gasteiger partial charge in [-0.25, -0.2) is 12.8 Å². The highest BCUT2D eigenvalue weighted by Gasteiger charge is 2.29. The topological polar surface area (TPSA) is 84.9 Å². The first-order valence-electron chi connectivity index (χ1n) is 11.2. The number of hydrogen-bond donors (Lipinski definition) is 1. The van der Waals surface area contributed by atoms with E-state index in [9.17, 15) is 17.6 Å². The molecule has 1 N–H and O–H groups in total. The van der Waals surface area contributed by atoms with E-state index in [0.717, 1.165) is 33.1 Å². The molecule has 184 valence electrons. The fraction of sp³-hybridized carbons (Fsp3) is 0.269. The van der Waals surface area contributed by atoms with Crippen molar-refractivity contribution < 1.29 is 27.1 Å². The van der Waals surface area contributed by atoms with E-state index in [0.29, 0.717) is 24.7 Å². The third kappa shape index (κ3) is 5.40. The average molecular weight is 499 g/mol. The predicted molar refractivity (Wildman–Crippen MR) is 131 cm³/mol. The number of ether oxygens (including phenoxy) is 2. The highest BCUT2D eigenvalue weighted by Crippen LogP contribution is 2.34. The highest BCUT2D eigenvalue weighted by atomic mass is 32.2. The van der Waals surface area contributed by atoms with Crippen LogP contribution in [0.3, 0.4) is 0 Å². The van der Waals surface area contributed by atoms with E-state index in [2.05, 4.69) is 5.32 Å². The molecule has 1 heterocycles. The molecule has 0 spiro atoms. The summed E-state index contributed by atoms with van der Waals surface area (Å²) in [6.07, 6.45) is 0. The van der Waals surface area contributed by atoms with E-state index >= 15 is 0 Å². The van der Waals surface area contributed by atoms with Crippen molar-refractivity contribution in [3.8, 4) is 11.5 Å². The van der Waals surface area contributed by atoms with E-state index in [4.69, 9.17) is 9.47 Å². The Balaban J connectivity index is 1.63. The highest BCUT2D eigenvalue weighted by molar-refractivity contribution is 7.92. The molecule has 9 heteroatoms. The van der Waals surface area contributed by atoms with Crippen LogP contribution in [-0.4, -0.2) is 34.1 Å². The zero-order valence-corrected chi connectivity index (χ0v) is 20.6. The van der Waals surface area contributed by atoms with Gasteiger partial charge in [-0.1, -0.05) is 23.8 Å². The third-order valence-electron chi connectivity index (χ3n) is 5.77. The number of hydrogen-bond acceptors (Lipinski definition) is 5. The van der Waals surface area contributed by atoms with Crippen LogP contribution in [0.15, 0.2) is 65.6 Å². The lowest BCUT2D eigenvalue weighted by atomic mass is 10.0. The Hall–Kier alpha value is -3.59. The Morgan fingerprint density at radius 3 is 2.37 bits per heavy atom. The summed E-state index contributed by atoms with van der Waals surface area (Å²) in [6, 6.07) is 14.8. The lowest BCUT2D eigenvalue weighted by Crippen LogP contribution is -2.41. The Morgan fingerprint density at radius 1 is 1.00 bits per heavy atom. The van der Waals surface area contributed by atoms with Crippen LogP contribution >= 0.6 is 0 Å². The summed E-state index contributed by atoms with van der Waals surface area (Å²) in [7, 11) is -4.20. The van der Waals surface area contributed by atoms with Gasteiger partial charge >= 0.3 is 0 Å². The summed E-state index contributed by atoms with van der Waals surface area (Å²) in [5.41, 5.74) is 3.23. The molecule has 1 aliphatic rings. The quantitative estimate of drug-likeness (QED) is 0.526. The van der Waals surface area contributed by atoms with Gasteiger partial charge in [-0.15, -0.1) is 0 Å². The summed E-state index contributed by atoms with van der Waals surface area (Å²) >= 11 is 0. The maximum absolute atomic E-state index is 13.6. The monoisotopic (exact) mass is 498 g/mol. The van der Waals surface area contributed by atoms with Crippen molar-refractivity contribution in [2.45, 2.75) is 31.7 Å². The van der Waals surface area contributed by atoms with Gasteiger partial charge in [0.15, 0.2) is 11.5 Å². The fourth-order valence-electron chi connectivity index (χ4n) is 4.04. The van der Waals surface area contributed by atoms with Crippen LogP contribution in [-0.2, 0) is 14.8 Å². The number of nitrogens with zero attached hydrogens (tertiary/aromatic N) is 1. The van der Waals surface area contributed by atoms with Gasteiger partial charge in [-0.05, 0) is 68.3 Å². The van der Waals surface area contributed by atoms with E-state index in [1.807, 2.05) is 39.0 Å². The molecule has 7 nitrogen and oxygen atoms in total. The van der Waals surface area contributed by atoms with Crippen LogP contribution in [0.5, 0.6) is 11.5 Å². The van der Waals surface area contributed by atoms with Crippen molar-refractivity contribution in [2.75, 3.05) is 24.1 Å². The van der Waals surface area contributed by atoms with Crippen LogP contribution in [0.1, 0.15) is 29.7 Å². The minimum absolute atomic E-state index is 0.0682. The number of halogens is 1. The van der Waals surface area contributed by atoms with Gasteiger partial charge in [0.2, 0.25) is 5.91 Å². The predicted octanol–water partition coefficient (Wildman–Crippen LogP) is 4.29. The molecule has 0 unspecified atom stereocenters. The van der Waals surface area contributed by atoms with Gasteiger partial charge in [0.05, 0.1) is 16.6 Å². The van der Waals surface area contributed by atoms with Crippen LogP contribution in [0.4, 0.5) is 10.1 Å². The molecule has 35 heavy (non-hydrogen) atoms. The Labute approximate surface area is 204 Å². The molecule has 1 aliphatic heterocycles. The lowest BCUT2D eigenvalue weighted by Gasteiger charge is -2.26. The van der Waals surface area contributed by atoms with Gasteiger partial charge in [0.1, 0.15) is 25.6 Å². The van der Waals surface area contributed by atoms with Crippen LogP contribution in [0.25, 0.3) is 0 Å². The van der Waals surface area contributed by atoms with E-state index in [-0.39, 0.29) is 16.6 Å². The summed E-state index contributed by atoms with van der Waals surface area (Å²) in [5, 5.41) is 2.88. The first-order valence-corrected chi connectivity index (χ1v) is 12.6. The number of carbonyl (C=O) groups is 1. The molecule has 0 saturated carbocycles. The van der Waals surface area contributed by atoms with Crippen LogP contribution in [0, 0.1) is 19.7 Å². The Kier molecular flexibility index (Phi) is 6.98. The smallest absolute Gasteiger partial charge is 0.264 e. The van der Waals surface area contributed by atoms with Crippen molar-refractivity contribution >= 4 is 21.6 Å². The number of nitrogens with one attached hydrogen (secondary N) is 1. The normalized spacial score (nSPS) is 13.7. The largest absolute Gasteiger partial charge is 0.486 e. The molecule has 0 fully saturated rings. The Morgan fingerprint density at radius 2 is 1.69 bits per heavy atom. The van der Waals surface area contributed by atoms with Crippen molar-refractivity contribution in [3.05, 3.63) is 83.2 Å². The summed E-state index contributed by atoms with van der Waals surface area (Å²) in [5.74, 6) is -0.255. The van der Waals surface area contributed by atoms with Crippen molar-refractivity contribution in [1.29, 1.82) is 0 Å². The second-order valence-electron chi connectivity index (χ2n) is 8.44. The van der Waals surface area contributed by atoms with E-state index < -0.39 is 28.3 Å². The van der Waals surface area contributed by atoms with Gasteiger partial charge in [0.25, 0.3) is 10.0 Å². The number of sulfonamides is 1. The van der Waals surface area contributed by atoms with Crippen molar-refractivity contribution in [2.24, 2.45) is 0 Å². The molecule has 3 aromatic rings. The third-order valence-corrected chi connectivity index (χ3v) is 7.54. The number of fused-ring (bicyclic) bond motifs is 1. The molecule has 4 rings (SSSR count). The molecule has 1 atom stereocenters. The zero-order valence-electron chi connectivity index (χ0n) is 19.7. The molecule has 0 bridgehead atoms. The van der Waals surface area contributed by atoms with E-state index in [1.54, 1.807) is 0 Å². The minimum Gasteiger partial charge on any atom is -0.486 e. The van der Waals surface area contributed by atoms with Crippen LogP contribution < -0.4 is 19.1 Å². The number of rotatable bonds is 7. The van der Waals surface area contributed by atoms with Gasteiger partial charge in [-0.2, -0.15) is 0 Å². The lowest BCUT2D eigenvalue weighted by molar-refractivity contribution is -0.120. The van der Waals surface area contributed by atoms with Crippen LogP contribution in [0.2, 0.25) is 0 Å². The number of anilines is 1. The molecule has 0 radical (unpaired) electrons. The number of benzene rings is 3. The fourth-order valence-corrected chi connectivity index (χ4v) is 5.48. The standard InChI is InChI=1S/C26H27FN2O5S/c1-17-4-10-23(18(2)14-17)19(3)28-26(30)16-29(21-7-5-20(27)6-8-21)35(31,32)22-9-11-24-25(15-22)34-13-12-33-24/h4-11,14-15,19H,12-13,16H2,1-3H3,(H,28,30)/t19-/m0/s1. The average Bonchev–Trinajstić information content (AvgIpc) is 2.82. The van der Waals surface area contributed by atoms with Gasteiger partial charge < -0.3 is 14.8 Å². The number of aryl methyl sites for hydroxylation is 2. The summed E-state index contributed by atoms with van der Waals surface area (Å²) in [4.78, 5) is 13.0. The van der Waals surface area contributed by atoms with Gasteiger partial charge in [0, 0.05) is 6.07 Å². The molecule has 3 aromatic carbocycles. The molecule has 0 aromatic heterocycles. The second kappa shape index (κ2) is 9.95. The maximum Gasteiger partial charge on any atom is 0.264 e. The summed E-state index contributed by atoms with van der Waals surface area (Å²) < 4.78 is 52.8. The SMILES string of the molecule is Cc1ccc([C@H](C)NC(=O)CN(c2ccc(F)cc2)S(=O)(=O)c2ccc3c(c2)OCCO3)c(C)c1. The zero-order chi connectivity index (χ0) is 25.2. The maximum atomic E-state index is 13.6. The first-order chi connectivity index (χ1) is 16.6. The van der Waals surface area contributed by atoms with Gasteiger partial charge in [-0.3, -0.25) is 9.10 Å². The number of carbonyl (C=O) groups excluding carboxylic acids is 1.